The molecule has 33 heavy (non-hydrogen) atoms. The first kappa shape index (κ1) is 24.0. The van der Waals surface area contributed by atoms with Crippen LogP contribution in [0.1, 0.15) is 23.6 Å². The lowest BCUT2D eigenvalue weighted by atomic mass is 10.0. The van der Waals surface area contributed by atoms with Gasteiger partial charge in [0.15, 0.2) is 0 Å². The molecule has 0 aliphatic rings. The molecule has 5 nitrogen and oxygen atoms in total. The third-order valence-corrected chi connectivity index (χ3v) is 5.28. The fraction of sp³-hybridized carbons (Fsp3) is 0.214. The van der Waals surface area contributed by atoms with Crippen molar-refractivity contribution >= 4 is 12.4 Å². The standard InChI is InChI=1S/C28H30N2O3/c1-2-33-28(32)27(29-22-31)19-26(18-23-12-6-3-7-13-23)30(20-24-14-8-4-9-15-24)21-25-16-10-5-11-17-25/h3-17,19,22,26H,2,18,20-21H2,1H3,(H,29,31)/b27-19-/t26-/m0/s1. The molecule has 5 heteroatoms. The molecule has 1 atom stereocenters. The van der Waals surface area contributed by atoms with E-state index >= 15 is 0 Å². The largest absolute Gasteiger partial charge is 0.461 e. The quantitative estimate of drug-likeness (QED) is 0.255. The second kappa shape index (κ2) is 13.0. The minimum atomic E-state index is -0.540. The predicted octanol–water partition coefficient (Wildman–Crippen LogP) is 4.49. The zero-order valence-electron chi connectivity index (χ0n) is 18.9. The van der Waals surface area contributed by atoms with Gasteiger partial charge in [0.25, 0.3) is 0 Å². The number of esters is 1. The lowest BCUT2D eigenvalue weighted by Crippen LogP contribution is -2.36. The van der Waals surface area contributed by atoms with Crippen molar-refractivity contribution in [3.63, 3.8) is 0 Å². The van der Waals surface area contributed by atoms with Crippen molar-refractivity contribution in [1.29, 1.82) is 0 Å². The molecule has 0 saturated carbocycles. The van der Waals surface area contributed by atoms with Crippen LogP contribution in [-0.2, 0) is 33.8 Å². The molecule has 3 rings (SSSR count). The third kappa shape index (κ3) is 7.74. The van der Waals surface area contributed by atoms with Crippen LogP contribution in [0.2, 0.25) is 0 Å². The van der Waals surface area contributed by atoms with Crippen LogP contribution in [0, 0.1) is 0 Å². The molecule has 1 N–H and O–H groups in total. The number of hydrogen-bond acceptors (Lipinski definition) is 4. The Kier molecular flexibility index (Phi) is 9.43. The van der Waals surface area contributed by atoms with Crippen LogP contribution in [0.5, 0.6) is 0 Å². The fourth-order valence-electron chi connectivity index (χ4n) is 3.72. The highest BCUT2D eigenvalue weighted by Gasteiger charge is 2.21. The topological polar surface area (TPSA) is 58.6 Å². The highest BCUT2D eigenvalue weighted by atomic mass is 16.5. The van der Waals surface area contributed by atoms with Gasteiger partial charge in [0.1, 0.15) is 5.70 Å². The fourth-order valence-corrected chi connectivity index (χ4v) is 3.72. The number of rotatable bonds is 12. The highest BCUT2D eigenvalue weighted by Crippen LogP contribution is 2.19. The van der Waals surface area contributed by atoms with E-state index in [1.807, 2.05) is 60.7 Å². The SMILES string of the molecule is CCOC(=O)/C(=C/[C@H](Cc1ccccc1)N(Cc1ccccc1)Cc1ccccc1)NC=O. The highest BCUT2D eigenvalue weighted by molar-refractivity contribution is 5.90. The van der Waals surface area contributed by atoms with Gasteiger partial charge in [0.2, 0.25) is 6.41 Å². The van der Waals surface area contributed by atoms with Gasteiger partial charge >= 0.3 is 5.97 Å². The van der Waals surface area contributed by atoms with Crippen molar-refractivity contribution in [3.05, 3.63) is 119 Å². The van der Waals surface area contributed by atoms with Crippen molar-refractivity contribution in [2.45, 2.75) is 32.5 Å². The Morgan fingerprint density at radius 2 is 1.33 bits per heavy atom. The summed E-state index contributed by atoms with van der Waals surface area (Å²) in [6.45, 7) is 3.34. The molecular weight excluding hydrogens is 412 g/mol. The summed E-state index contributed by atoms with van der Waals surface area (Å²) in [6, 6.07) is 30.4. The molecule has 3 aromatic carbocycles. The van der Waals surface area contributed by atoms with E-state index in [-0.39, 0.29) is 18.3 Å². The summed E-state index contributed by atoms with van der Waals surface area (Å²) in [6.07, 6.45) is 3.00. The summed E-state index contributed by atoms with van der Waals surface area (Å²) in [7, 11) is 0. The van der Waals surface area contributed by atoms with Crippen molar-refractivity contribution in [2.75, 3.05) is 6.61 Å². The summed E-state index contributed by atoms with van der Waals surface area (Å²) < 4.78 is 5.18. The van der Waals surface area contributed by atoms with Crippen molar-refractivity contribution < 1.29 is 14.3 Å². The molecule has 0 aromatic heterocycles. The van der Waals surface area contributed by atoms with E-state index in [0.717, 1.165) is 5.56 Å². The van der Waals surface area contributed by atoms with Gasteiger partial charge in [0, 0.05) is 19.1 Å². The second-order valence-electron chi connectivity index (χ2n) is 7.70. The van der Waals surface area contributed by atoms with Gasteiger partial charge < -0.3 is 10.1 Å². The second-order valence-corrected chi connectivity index (χ2v) is 7.70. The van der Waals surface area contributed by atoms with E-state index in [2.05, 4.69) is 46.6 Å². The van der Waals surface area contributed by atoms with Crippen LogP contribution < -0.4 is 5.32 Å². The lowest BCUT2D eigenvalue weighted by Gasteiger charge is -2.31. The molecule has 0 aliphatic carbocycles. The Balaban J connectivity index is 2.01. The van der Waals surface area contributed by atoms with Crippen molar-refractivity contribution in [1.82, 2.24) is 10.2 Å². The van der Waals surface area contributed by atoms with Gasteiger partial charge in [-0.3, -0.25) is 9.69 Å². The monoisotopic (exact) mass is 442 g/mol. The van der Waals surface area contributed by atoms with Gasteiger partial charge in [-0.1, -0.05) is 91.0 Å². The molecule has 1 amide bonds. The van der Waals surface area contributed by atoms with Crippen LogP contribution in [0.3, 0.4) is 0 Å². The molecule has 0 aliphatic heterocycles. The Bertz CT molecular complexity index is 979. The number of carbonyl (C=O) groups excluding carboxylic acids is 2. The number of carbonyl (C=O) groups is 2. The molecular formula is C28H30N2O3. The molecule has 0 spiro atoms. The van der Waals surface area contributed by atoms with Crippen LogP contribution >= 0.6 is 0 Å². The molecule has 0 fully saturated rings. The molecule has 3 aromatic rings. The van der Waals surface area contributed by atoms with E-state index in [0.29, 0.717) is 25.9 Å². The molecule has 0 heterocycles. The van der Waals surface area contributed by atoms with Crippen molar-refractivity contribution in [3.8, 4) is 0 Å². The number of ether oxygens (including phenoxy) is 1. The average Bonchev–Trinajstić information content (AvgIpc) is 2.85. The summed E-state index contributed by atoms with van der Waals surface area (Å²) in [5.41, 5.74) is 3.62. The van der Waals surface area contributed by atoms with Gasteiger partial charge in [-0.15, -0.1) is 0 Å². The zero-order chi connectivity index (χ0) is 23.3. The first-order chi connectivity index (χ1) is 16.2. The first-order valence-corrected chi connectivity index (χ1v) is 11.1. The lowest BCUT2D eigenvalue weighted by molar-refractivity contribution is -0.139. The average molecular weight is 443 g/mol. The van der Waals surface area contributed by atoms with E-state index in [4.69, 9.17) is 4.74 Å². The van der Waals surface area contributed by atoms with Gasteiger partial charge in [-0.05, 0) is 36.1 Å². The summed E-state index contributed by atoms with van der Waals surface area (Å²) in [5, 5.41) is 2.55. The van der Waals surface area contributed by atoms with E-state index in [9.17, 15) is 9.59 Å². The first-order valence-electron chi connectivity index (χ1n) is 11.1. The van der Waals surface area contributed by atoms with Gasteiger partial charge in [0.05, 0.1) is 6.61 Å². The Morgan fingerprint density at radius 1 is 0.848 bits per heavy atom. The van der Waals surface area contributed by atoms with E-state index < -0.39 is 5.97 Å². The number of nitrogens with zero attached hydrogens (tertiary/aromatic N) is 1. The van der Waals surface area contributed by atoms with Gasteiger partial charge in [-0.25, -0.2) is 4.79 Å². The minimum Gasteiger partial charge on any atom is -0.461 e. The van der Waals surface area contributed by atoms with Crippen molar-refractivity contribution in [2.24, 2.45) is 0 Å². The number of amides is 1. The normalized spacial score (nSPS) is 12.2. The summed E-state index contributed by atoms with van der Waals surface area (Å²) in [5.74, 6) is -0.540. The van der Waals surface area contributed by atoms with Crippen LogP contribution in [0.15, 0.2) is 103 Å². The maximum absolute atomic E-state index is 12.5. The molecule has 0 unspecified atom stereocenters. The van der Waals surface area contributed by atoms with Gasteiger partial charge in [-0.2, -0.15) is 0 Å². The van der Waals surface area contributed by atoms with Crippen LogP contribution in [-0.4, -0.2) is 29.9 Å². The minimum absolute atomic E-state index is 0.152. The van der Waals surface area contributed by atoms with E-state index in [1.54, 1.807) is 6.92 Å². The maximum Gasteiger partial charge on any atom is 0.354 e. The Morgan fingerprint density at radius 3 is 1.79 bits per heavy atom. The van der Waals surface area contributed by atoms with E-state index in [1.165, 1.54) is 11.1 Å². The Hall–Kier alpha value is -3.70. The number of benzene rings is 3. The van der Waals surface area contributed by atoms with Crippen LogP contribution in [0.4, 0.5) is 0 Å². The third-order valence-electron chi connectivity index (χ3n) is 5.28. The summed E-state index contributed by atoms with van der Waals surface area (Å²) >= 11 is 0. The molecule has 0 saturated heterocycles. The number of hydrogen-bond donors (Lipinski definition) is 1. The maximum atomic E-state index is 12.5. The zero-order valence-corrected chi connectivity index (χ0v) is 18.9. The predicted molar refractivity (Wildman–Crippen MR) is 130 cm³/mol. The Labute approximate surface area is 195 Å². The number of nitrogens with one attached hydrogen (secondary N) is 1. The summed E-state index contributed by atoms with van der Waals surface area (Å²) in [4.78, 5) is 26.1. The van der Waals surface area contributed by atoms with Crippen LogP contribution in [0.25, 0.3) is 0 Å². The smallest absolute Gasteiger partial charge is 0.354 e. The molecule has 170 valence electrons. The molecule has 0 bridgehead atoms. The molecule has 0 radical (unpaired) electrons.